The van der Waals surface area contributed by atoms with E-state index in [-0.39, 0.29) is 22.3 Å². The number of aryl methyl sites for hydroxylation is 2. The van der Waals surface area contributed by atoms with Crippen LogP contribution in [0.2, 0.25) is 0 Å². The fourth-order valence-electron chi connectivity index (χ4n) is 4.69. The number of aromatic amines is 1. The summed E-state index contributed by atoms with van der Waals surface area (Å²) in [6.45, 7) is 4.75. The normalized spacial score (nSPS) is 12.8. The number of likely N-dealkylation sites (N-methyl/N-ethyl adjacent to an activating group) is 1. The molecule has 0 amide bonds. The molecule has 0 radical (unpaired) electrons. The summed E-state index contributed by atoms with van der Waals surface area (Å²) in [5, 5.41) is 4.47. The highest BCUT2D eigenvalue weighted by molar-refractivity contribution is 7.89. The van der Waals surface area contributed by atoms with Crippen LogP contribution in [0, 0.1) is 0 Å². The zero-order chi connectivity index (χ0) is 28.2. The van der Waals surface area contributed by atoms with Crippen molar-refractivity contribution in [2.75, 3.05) is 27.2 Å². The number of hydrogen-bond donors (Lipinski definition) is 2. The third-order valence-corrected chi connectivity index (χ3v) is 7.82. The van der Waals surface area contributed by atoms with Crippen molar-refractivity contribution in [1.82, 2.24) is 29.4 Å². The van der Waals surface area contributed by atoms with E-state index in [0.717, 1.165) is 17.7 Å². The molecule has 0 saturated carbocycles. The van der Waals surface area contributed by atoms with Crippen LogP contribution >= 0.6 is 0 Å². The van der Waals surface area contributed by atoms with E-state index in [1.54, 1.807) is 13.1 Å². The molecular formula is C28H36N6O4S. The highest BCUT2D eigenvalue weighted by atomic mass is 32.2. The zero-order valence-electron chi connectivity index (χ0n) is 23.1. The average molecular weight is 553 g/mol. The molecule has 0 aliphatic rings. The molecule has 2 aromatic heterocycles. The third-order valence-electron chi connectivity index (χ3n) is 6.30. The Bertz CT molecular complexity index is 1600. The Morgan fingerprint density at radius 1 is 1.13 bits per heavy atom. The van der Waals surface area contributed by atoms with E-state index in [4.69, 9.17) is 9.72 Å². The van der Waals surface area contributed by atoms with Crippen LogP contribution in [0.15, 0.2) is 58.2 Å². The van der Waals surface area contributed by atoms with Crippen LogP contribution in [-0.2, 0) is 29.9 Å². The molecular weight excluding hydrogens is 516 g/mol. The second-order valence-corrected chi connectivity index (χ2v) is 11.5. The van der Waals surface area contributed by atoms with Crippen molar-refractivity contribution >= 4 is 21.1 Å². The summed E-state index contributed by atoms with van der Waals surface area (Å²) in [4.78, 5) is 22.6. The Morgan fingerprint density at radius 2 is 1.87 bits per heavy atom. The lowest BCUT2D eigenvalue weighted by Gasteiger charge is -2.23. The Balaban J connectivity index is 1.76. The maximum absolute atomic E-state index is 13.6. The van der Waals surface area contributed by atoms with Crippen molar-refractivity contribution in [2.24, 2.45) is 7.05 Å². The lowest BCUT2D eigenvalue weighted by atomic mass is 10.1. The maximum atomic E-state index is 13.6. The zero-order valence-corrected chi connectivity index (χ0v) is 23.9. The van der Waals surface area contributed by atoms with Crippen LogP contribution in [-0.4, -0.2) is 66.4 Å². The van der Waals surface area contributed by atoms with Crippen molar-refractivity contribution in [3.63, 3.8) is 0 Å². The monoisotopic (exact) mass is 552 g/mol. The van der Waals surface area contributed by atoms with Gasteiger partial charge in [0.2, 0.25) is 10.0 Å². The fraction of sp³-hybridized carbons (Fsp3) is 0.393. The molecule has 1 unspecified atom stereocenters. The van der Waals surface area contributed by atoms with Gasteiger partial charge < -0.3 is 14.6 Å². The lowest BCUT2D eigenvalue weighted by molar-refractivity contribution is 0.341. The largest absolute Gasteiger partial charge is 0.493 e. The van der Waals surface area contributed by atoms with Gasteiger partial charge in [-0.3, -0.25) is 9.48 Å². The molecule has 39 heavy (non-hydrogen) atoms. The van der Waals surface area contributed by atoms with Gasteiger partial charge in [-0.05, 0) is 57.6 Å². The van der Waals surface area contributed by atoms with Gasteiger partial charge in [0, 0.05) is 19.6 Å². The van der Waals surface area contributed by atoms with E-state index < -0.39 is 10.0 Å². The number of nitrogens with zero attached hydrogens (tertiary/aromatic N) is 4. The second kappa shape index (κ2) is 12.1. The molecule has 10 nitrogen and oxygen atoms in total. The van der Waals surface area contributed by atoms with Crippen LogP contribution in [0.4, 0.5) is 0 Å². The highest BCUT2D eigenvalue weighted by Gasteiger charge is 2.24. The Hall–Kier alpha value is -3.54. The van der Waals surface area contributed by atoms with Crippen LogP contribution in [0.3, 0.4) is 0 Å². The first-order valence-corrected chi connectivity index (χ1v) is 14.5. The van der Waals surface area contributed by atoms with E-state index in [9.17, 15) is 13.2 Å². The standard InChI is InChI=1S/C28H36N6O4S/c1-6-11-23-25-26(34(5)31-23)28(35)30-27(29-25)22-17-21(14-15-24(22)38-7-2)39(36,37)32-20(18-33(3)4)16-19-12-9-8-10-13-19/h8-10,12-15,17,20,32H,6-7,11,16,18H2,1-5H3,(H,29,30,35). The molecule has 2 aromatic carbocycles. The summed E-state index contributed by atoms with van der Waals surface area (Å²) >= 11 is 0. The molecule has 11 heteroatoms. The molecule has 2 heterocycles. The summed E-state index contributed by atoms with van der Waals surface area (Å²) in [6, 6.07) is 14.0. The van der Waals surface area contributed by atoms with Gasteiger partial charge in [0.15, 0.2) is 5.52 Å². The van der Waals surface area contributed by atoms with Gasteiger partial charge in [-0.1, -0.05) is 43.7 Å². The number of H-pyrrole nitrogens is 1. The topological polar surface area (TPSA) is 122 Å². The van der Waals surface area contributed by atoms with E-state index in [0.29, 0.717) is 48.3 Å². The predicted octanol–water partition coefficient (Wildman–Crippen LogP) is 3.13. The number of aromatic nitrogens is 4. The van der Waals surface area contributed by atoms with Gasteiger partial charge in [0.25, 0.3) is 5.56 Å². The van der Waals surface area contributed by atoms with E-state index in [2.05, 4.69) is 14.8 Å². The van der Waals surface area contributed by atoms with Gasteiger partial charge in [0.1, 0.15) is 17.1 Å². The molecule has 0 bridgehead atoms. The SMILES string of the molecule is CCCc1nn(C)c2c(=O)[nH]c(-c3cc(S(=O)(=O)NC(Cc4ccccc4)CN(C)C)ccc3OCC)nc12. The summed E-state index contributed by atoms with van der Waals surface area (Å²) in [7, 11) is 1.60. The Morgan fingerprint density at radius 3 is 2.54 bits per heavy atom. The number of nitrogens with one attached hydrogen (secondary N) is 2. The minimum absolute atomic E-state index is 0.0560. The molecule has 0 aliphatic heterocycles. The minimum Gasteiger partial charge on any atom is -0.493 e. The number of rotatable bonds is 12. The molecule has 2 N–H and O–H groups in total. The summed E-state index contributed by atoms with van der Waals surface area (Å²) in [6.07, 6.45) is 2.05. The van der Waals surface area contributed by atoms with Crippen LogP contribution in [0.5, 0.6) is 5.75 Å². The number of ether oxygens (including phenoxy) is 1. The lowest BCUT2D eigenvalue weighted by Crippen LogP contribution is -2.43. The number of benzene rings is 2. The van der Waals surface area contributed by atoms with E-state index >= 15 is 0 Å². The molecule has 1 atom stereocenters. The van der Waals surface area contributed by atoms with E-state index in [1.807, 2.05) is 63.2 Å². The minimum atomic E-state index is -3.92. The molecule has 0 aliphatic carbocycles. The van der Waals surface area contributed by atoms with Crippen molar-refractivity contribution < 1.29 is 13.2 Å². The Labute approximate surface area is 229 Å². The second-order valence-electron chi connectivity index (χ2n) is 9.79. The van der Waals surface area contributed by atoms with Gasteiger partial charge in [0.05, 0.1) is 22.8 Å². The number of fused-ring (bicyclic) bond motifs is 1. The molecule has 4 rings (SSSR count). The van der Waals surface area contributed by atoms with Crippen molar-refractivity contribution in [1.29, 1.82) is 0 Å². The van der Waals surface area contributed by atoms with Crippen molar-refractivity contribution in [3.8, 4) is 17.1 Å². The highest BCUT2D eigenvalue weighted by Crippen LogP contribution is 2.31. The average Bonchev–Trinajstić information content (AvgIpc) is 3.20. The Kier molecular flexibility index (Phi) is 8.83. The van der Waals surface area contributed by atoms with Gasteiger partial charge >= 0.3 is 0 Å². The first kappa shape index (κ1) is 28.5. The molecule has 0 spiro atoms. The van der Waals surface area contributed by atoms with Gasteiger partial charge in [-0.15, -0.1) is 0 Å². The molecule has 0 fully saturated rings. The molecule has 0 saturated heterocycles. The maximum Gasteiger partial charge on any atom is 0.277 e. The van der Waals surface area contributed by atoms with Crippen LogP contribution in [0.25, 0.3) is 22.4 Å². The number of sulfonamides is 1. The van der Waals surface area contributed by atoms with Crippen LogP contribution < -0.4 is 15.0 Å². The predicted molar refractivity (Wildman–Crippen MR) is 153 cm³/mol. The van der Waals surface area contributed by atoms with Crippen molar-refractivity contribution in [2.45, 2.75) is 44.0 Å². The first-order chi connectivity index (χ1) is 18.6. The van der Waals surface area contributed by atoms with Gasteiger partial charge in [-0.2, -0.15) is 5.10 Å². The third kappa shape index (κ3) is 6.55. The fourth-order valence-corrected chi connectivity index (χ4v) is 5.95. The van der Waals surface area contributed by atoms with E-state index in [1.165, 1.54) is 16.8 Å². The smallest absolute Gasteiger partial charge is 0.277 e. The molecule has 4 aromatic rings. The first-order valence-electron chi connectivity index (χ1n) is 13.1. The number of hydrogen-bond acceptors (Lipinski definition) is 7. The van der Waals surface area contributed by atoms with Crippen LogP contribution in [0.1, 0.15) is 31.5 Å². The van der Waals surface area contributed by atoms with Crippen molar-refractivity contribution in [3.05, 3.63) is 70.1 Å². The summed E-state index contributed by atoms with van der Waals surface area (Å²) in [5.74, 6) is 0.654. The summed E-state index contributed by atoms with van der Waals surface area (Å²) in [5.41, 5.74) is 2.67. The quantitative estimate of drug-likeness (QED) is 0.277. The summed E-state index contributed by atoms with van der Waals surface area (Å²) < 4.78 is 37.4. The van der Waals surface area contributed by atoms with Gasteiger partial charge in [-0.25, -0.2) is 18.1 Å². The molecule has 208 valence electrons.